The SMILES string of the molecule is O=C1C=C2CC[C@@H]3N4CCCC[C@H]4C[C@@]23O1. The lowest BCUT2D eigenvalue weighted by atomic mass is 9.91. The number of hydrogen-bond donors (Lipinski definition) is 0. The fourth-order valence-corrected chi connectivity index (χ4v) is 4.37. The van der Waals surface area contributed by atoms with Crippen molar-refractivity contribution in [2.45, 2.75) is 56.2 Å². The lowest BCUT2D eigenvalue weighted by Crippen LogP contribution is -2.44. The molecule has 0 aromatic heterocycles. The topological polar surface area (TPSA) is 29.5 Å². The molecule has 0 amide bonds. The van der Waals surface area contributed by atoms with E-state index in [0.29, 0.717) is 12.1 Å². The summed E-state index contributed by atoms with van der Waals surface area (Å²) in [7, 11) is 0. The number of nitrogens with zero attached hydrogens (tertiary/aromatic N) is 1. The van der Waals surface area contributed by atoms with Crippen LogP contribution in [-0.2, 0) is 9.53 Å². The summed E-state index contributed by atoms with van der Waals surface area (Å²) in [6.07, 6.45) is 9.04. The average Bonchev–Trinajstić information content (AvgIpc) is 2.82. The second kappa shape index (κ2) is 2.89. The molecule has 1 spiro atoms. The molecule has 3 nitrogen and oxygen atoms in total. The second-order valence-corrected chi connectivity index (χ2v) is 5.63. The van der Waals surface area contributed by atoms with Gasteiger partial charge in [0.25, 0.3) is 0 Å². The first-order valence-corrected chi connectivity index (χ1v) is 6.49. The van der Waals surface area contributed by atoms with E-state index in [2.05, 4.69) is 4.90 Å². The number of rotatable bonds is 0. The van der Waals surface area contributed by atoms with Crippen molar-refractivity contribution in [2.24, 2.45) is 0 Å². The van der Waals surface area contributed by atoms with Crippen LogP contribution in [0.25, 0.3) is 0 Å². The first kappa shape index (κ1) is 9.23. The number of carbonyl (C=O) groups is 1. The van der Waals surface area contributed by atoms with Gasteiger partial charge in [-0.1, -0.05) is 6.42 Å². The normalized spacial score (nSPS) is 46.0. The van der Waals surface area contributed by atoms with Gasteiger partial charge in [0.2, 0.25) is 0 Å². The van der Waals surface area contributed by atoms with E-state index in [1.165, 1.54) is 37.8 Å². The van der Waals surface area contributed by atoms with E-state index in [0.717, 1.165) is 12.8 Å². The Kier molecular flexibility index (Phi) is 1.67. The van der Waals surface area contributed by atoms with Crippen LogP contribution in [0.1, 0.15) is 38.5 Å². The van der Waals surface area contributed by atoms with Crippen molar-refractivity contribution in [1.29, 1.82) is 0 Å². The number of ether oxygens (including phenoxy) is 1. The van der Waals surface area contributed by atoms with Crippen molar-refractivity contribution in [3.63, 3.8) is 0 Å². The molecule has 4 aliphatic rings. The van der Waals surface area contributed by atoms with Crippen molar-refractivity contribution in [3.05, 3.63) is 11.6 Å². The zero-order valence-corrected chi connectivity index (χ0v) is 9.45. The molecular weight excluding hydrogens is 202 g/mol. The summed E-state index contributed by atoms with van der Waals surface area (Å²) in [5, 5.41) is 0. The Morgan fingerprint density at radius 2 is 2.31 bits per heavy atom. The minimum atomic E-state index is -0.188. The van der Waals surface area contributed by atoms with Gasteiger partial charge in [0.15, 0.2) is 5.60 Å². The van der Waals surface area contributed by atoms with Crippen LogP contribution in [-0.4, -0.2) is 35.1 Å². The van der Waals surface area contributed by atoms with Gasteiger partial charge in [-0.05, 0) is 37.8 Å². The van der Waals surface area contributed by atoms with Gasteiger partial charge in [0.05, 0.1) is 6.04 Å². The third kappa shape index (κ3) is 0.956. The molecule has 0 aromatic rings. The van der Waals surface area contributed by atoms with Gasteiger partial charge in [-0.15, -0.1) is 0 Å². The molecule has 0 unspecified atom stereocenters. The highest BCUT2D eigenvalue weighted by molar-refractivity contribution is 5.87. The molecule has 3 heterocycles. The Hall–Kier alpha value is -0.830. The Labute approximate surface area is 95.4 Å². The summed E-state index contributed by atoms with van der Waals surface area (Å²) < 4.78 is 5.72. The standard InChI is InChI=1S/C13H17NO2/c15-12-7-9-4-5-11-13(9,16-12)8-10-3-1-2-6-14(10)11/h7,10-11H,1-6,8H2/t10-,11-,13+/m0/s1. The minimum Gasteiger partial charge on any atom is -0.450 e. The van der Waals surface area contributed by atoms with Crippen LogP contribution in [0.15, 0.2) is 11.6 Å². The summed E-state index contributed by atoms with van der Waals surface area (Å²) in [5.74, 6) is -0.0976. The van der Waals surface area contributed by atoms with Crippen LogP contribution in [0.3, 0.4) is 0 Å². The van der Waals surface area contributed by atoms with Gasteiger partial charge in [-0.3, -0.25) is 4.90 Å². The Bertz CT molecular complexity index is 389. The highest BCUT2D eigenvalue weighted by atomic mass is 16.6. The third-order valence-electron chi connectivity index (χ3n) is 4.96. The van der Waals surface area contributed by atoms with E-state index in [1.807, 2.05) is 0 Å². The van der Waals surface area contributed by atoms with Gasteiger partial charge < -0.3 is 4.74 Å². The maximum absolute atomic E-state index is 11.5. The van der Waals surface area contributed by atoms with Crippen LogP contribution in [0.4, 0.5) is 0 Å². The van der Waals surface area contributed by atoms with E-state index in [4.69, 9.17) is 4.74 Å². The molecule has 4 rings (SSSR count). The molecular formula is C13H17NO2. The van der Waals surface area contributed by atoms with E-state index in [1.54, 1.807) is 6.08 Å². The molecule has 16 heavy (non-hydrogen) atoms. The quantitative estimate of drug-likeness (QED) is 0.580. The third-order valence-corrected chi connectivity index (χ3v) is 4.96. The monoisotopic (exact) mass is 219 g/mol. The van der Waals surface area contributed by atoms with Crippen LogP contribution >= 0.6 is 0 Å². The van der Waals surface area contributed by atoms with Crippen molar-refractivity contribution < 1.29 is 9.53 Å². The van der Waals surface area contributed by atoms with Crippen molar-refractivity contribution in [1.82, 2.24) is 4.90 Å². The van der Waals surface area contributed by atoms with Gasteiger partial charge in [0, 0.05) is 18.5 Å². The fourth-order valence-electron chi connectivity index (χ4n) is 4.37. The molecule has 3 fully saturated rings. The van der Waals surface area contributed by atoms with Crippen molar-refractivity contribution >= 4 is 5.97 Å². The molecule has 0 bridgehead atoms. The fraction of sp³-hybridized carbons (Fsp3) is 0.769. The number of carbonyl (C=O) groups excluding carboxylic acids is 1. The second-order valence-electron chi connectivity index (χ2n) is 5.63. The number of piperidine rings is 1. The van der Waals surface area contributed by atoms with E-state index >= 15 is 0 Å². The van der Waals surface area contributed by atoms with E-state index in [-0.39, 0.29) is 11.6 Å². The Morgan fingerprint density at radius 1 is 1.38 bits per heavy atom. The van der Waals surface area contributed by atoms with Crippen molar-refractivity contribution in [2.75, 3.05) is 6.54 Å². The smallest absolute Gasteiger partial charge is 0.331 e. The van der Waals surface area contributed by atoms with Crippen LogP contribution in [0.2, 0.25) is 0 Å². The van der Waals surface area contributed by atoms with Crippen LogP contribution < -0.4 is 0 Å². The molecule has 2 saturated heterocycles. The summed E-state index contributed by atoms with van der Waals surface area (Å²) in [5.41, 5.74) is 1.10. The first-order chi connectivity index (χ1) is 7.79. The van der Waals surface area contributed by atoms with Gasteiger partial charge in [-0.2, -0.15) is 0 Å². The molecule has 3 heteroatoms. The van der Waals surface area contributed by atoms with E-state index in [9.17, 15) is 4.79 Å². The van der Waals surface area contributed by atoms with Crippen LogP contribution in [0.5, 0.6) is 0 Å². The Morgan fingerprint density at radius 3 is 3.25 bits per heavy atom. The van der Waals surface area contributed by atoms with Crippen molar-refractivity contribution in [3.8, 4) is 0 Å². The molecule has 1 saturated carbocycles. The maximum Gasteiger partial charge on any atom is 0.331 e. The zero-order chi connectivity index (χ0) is 10.8. The van der Waals surface area contributed by atoms with E-state index < -0.39 is 0 Å². The lowest BCUT2D eigenvalue weighted by molar-refractivity contribution is -0.146. The Balaban J connectivity index is 1.75. The highest BCUT2D eigenvalue weighted by Gasteiger charge is 2.61. The summed E-state index contributed by atoms with van der Waals surface area (Å²) in [6.45, 7) is 1.21. The number of fused-ring (bicyclic) bond motifs is 2. The predicted octanol–water partition coefficient (Wildman–Crippen LogP) is 1.63. The zero-order valence-electron chi connectivity index (χ0n) is 9.45. The largest absolute Gasteiger partial charge is 0.450 e. The van der Waals surface area contributed by atoms with Crippen LogP contribution in [0, 0.1) is 0 Å². The molecule has 86 valence electrons. The number of hydrogen-bond acceptors (Lipinski definition) is 3. The van der Waals surface area contributed by atoms with Gasteiger partial charge in [-0.25, -0.2) is 4.79 Å². The molecule has 1 aliphatic carbocycles. The molecule has 0 N–H and O–H groups in total. The first-order valence-electron chi connectivity index (χ1n) is 6.49. The lowest BCUT2D eigenvalue weighted by Gasteiger charge is -2.33. The summed E-state index contributed by atoms with van der Waals surface area (Å²) in [4.78, 5) is 14.1. The summed E-state index contributed by atoms with van der Waals surface area (Å²) >= 11 is 0. The minimum absolute atomic E-state index is 0.0976. The molecule has 0 aromatic carbocycles. The van der Waals surface area contributed by atoms with Gasteiger partial charge in [0.1, 0.15) is 0 Å². The van der Waals surface area contributed by atoms with Gasteiger partial charge >= 0.3 is 5.97 Å². The highest BCUT2D eigenvalue weighted by Crippen LogP contribution is 2.54. The number of esters is 1. The molecule has 3 atom stereocenters. The predicted molar refractivity (Wildman–Crippen MR) is 58.9 cm³/mol. The average molecular weight is 219 g/mol. The summed E-state index contributed by atoms with van der Waals surface area (Å²) in [6, 6.07) is 1.17. The molecule has 0 radical (unpaired) electrons. The maximum atomic E-state index is 11.5. The molecule has 3 aliphatic heterocycles.